The highest BCUT2D eigenvalue weighted by atomic mass is 35.5. The molecule has 0 aromatic heterocycles. The van der Waals surface area contributed by atoms with Crippen LogP contribution < -0.4 is 10.5 Å². The van der Waals surface area contributed by atoms with Gasteiger partial charge in [0.05, 0.1) is 18.0 Å². The van der Waals surface area contributed by atoms with E-state index in [0.717, 1.165) is 5.56 Å². The maximum absolute atomic E-state index is 13.7. The van der Waals surface area contributed by atoms with Gasteiger partial charge in [0.15, 0.2) is 0 Å². The number of carbonyl (C=O) groups excluding carboxylic acids is 2. The van der Waals surface area contributed by atoms with Gasteiger partial charge < -0.3 is 10.6 Å². The van der Waals surface area contributed by atoms with Gasteiger partial charge in [-0.25, -0.2) is 0 Å². The van der Waals surface area contributed by atoms with Crippen LogP contribution in [0.2, 0.25) is 10.0 Å². The molecule has 1 aliphatic rings. The Bertz CT molecular complexity index is 1160. The Balaban J connectivity index is 1.88. The predicted octanol–water partition coefficient (Wildman–Crippen LogP) is 4.94. The van der Waals surface area contributed by atoms with Crippen LogP contribution in [0.5, 0.6) is 0 Å². The number of benzene rings is 3. The summed E-state index contributed by atoms with van der Waals surface area (Å²) in [5, 5.41) is 0.823. The van der Waals surface area contributed by atoms with Crippen LogP contribution in [0, 0.1) is 0 Å². The molecule has 0 fully saturated rings. The molecular weight excluding hydrogens is 465 g/mol. The third-order valence-electron chi connectivity index (χ3n) is 5.76. The maximum Gasteiger partial charge on any atom is 0.254 e. The molecule has 8 heteroatoms. The minimum atomic E-state index is -0.779. The van der Waals surface area contributed by atoms with Gasteiger partial charge in [0.25, 0.3) is 5.91 Å². The second-order valence-corrected chi connectivity index (χ2v) is 8.73. The number of nitrogens with two attached hydrogens (primary N) is 1. The Morgan fingerprint density at radius 2 is 1.72 bits per heavy atom. The lowest BCUT2D eigenvalue weighted by Crippen LogP contribution is -2.48. The van der Waals surface area contributed by atoms with Crippen molar-refractivity contribution < 1.29 is 9.59 Å². The average molecular weight is 486 g/mol. The second kappa shape index (κ2) is 9.55. The number of hydrogen-bond donors (Lipinski definition) is 3. The lowest BCUT2D eigenvalue weighted by atomic mass is 9.79. The summed E-state index contributed by atoms with van der Waals surface area (Å²) >= 11 is 17.0. The van der Waals surface area contributed by atoms with E-state index in [4.69, 9.17) is 28.9 Å². The minimum absolute atomic E-state index is 0.210. The van der Waals surface area contributed by atoms with Crippen LogP contribution in [-0.4, -0.2) is 23.3 Å². The first-order valence-corrected chi connectivity index (χ1v) is 11.2. The summed E-state index contributed by atoms with van der Waals surface area (Å²) < 4.78 is 2.98. The lowest BCUT2D eigenvalue weighted by Gasteiger charge is -2.43. The molecule has 3 atom stereocenters. The van der Waals surface area contributed by atoms with Crippen LogP contribution in [0.4, 0.5) is 0 Å². The zero-order valence-electron chi connectivity index (χ0n) is 16.9. The Hall–Kier alpha value is -2.51. The van der Waals surface area contributed by atoms with Gasteiger partial charge in [-0.15, -0.1) is 0 Å². The summed E-state index contributed by atoms with van der Waals surface area (Å²) in [5.74, 6) is -1.53. The van der Waals surface area contributed by atoms with Gasteiger partial charge >= 0.3 is 0 Å². The Kier molecular flexibility index (Phi) is 6.76. The molecule has 1 heterocycles. The number of nitrogens with one attached hydrogen (secondary N) is 1. The van der Waals surface area contributed by atoms with Crippen LogP contribution in [-0.2, 0) is 4.79 Å². The average Bonchev–Trinajstić information content (AvgIpc) is 2.79. The predicted molar refractivity (Wildman–Crippen MR) is 130 cm³/mol. The van der Waals surface area contributed by atoms with E-state index in [2.05, 4.69) is 17.5 Å². The summed E-state index contributed by atoms with van der Waals surface area (Å²) in [6.07, 6.45) is 0. The monoisotopic (exact) mass is 485 g/mol. The van der Waals surface area contributed by atoms with Crippen molar-refractivity contribution in [3.63, 3.8) is 0 Å². The maximum atomic E-state index is 13.7. The van der Waals surface area contributed by atoms with E-state index in [9.17, 15) is 9.59 Å². The van der Waals surface area contributed by atoms with E-state index in [0.29, 0.717) is 26.7 Å². The van der Waals surface area contributed by atoms with Gasteiger partial charge in [-0.3, -0.25) is 14.3 Å². The van der Waals surface area contributed by atoms with Crippen molar-refractivity contribution in [2.24, 2.45) is 5.73 Å². The van der Waals surface area contributed by atoms with Crippen molar-refractivity contribution in [1.82, 2.24) is 9.62 Å². The molecule has 164 valence electrons. The molecule has 32 heavy (non-hydrogen) atoms. The van der Waals surface area contributed by atoms with Crippen molar-refractivity contribution in [2.45, 2.75) is 18.0 Å². The highest BCUT2D eigenvalue weighted by Crippen LogP contribution is 2.45. The molecule has 3 N–H and O–H groups in total. The first kappa shape index (κ1) is 22.7. The van der Waals surface area contributed by atoms with E-state index in [1.807, 2.05) is 30.3 Å². The van der Waals surface area contributed by atoms with Crippen molar-refractivity contribution in [3.05, 3.63) is 105 Å². The van der Waals surface area contributed by atoms with Crippen molar-refractivity contribution in [3.8, 4) is 0 Å². The normalized spacial score (nSPS) is 18.8. The number of carbonyl (C=O) groups is 2. The van der Waals surface area contributed by atoms with Crippen molar-refractivity contribution in [1.29, 1.82) is 0 Å². The molecule has 5 nitrogen and oxygen atoms in total. The molecular formula is C24H21Cl2N3O2S. The summed E-state index contributed by atoms with van der Waals surface area (Å²) in [7, 11) is 0. The zero-order valence-corrected chi connectivity index (χ0v) is 19.3. The molecule has 0 saturated carbocycles. The van der Waals surface area contributed by atoms with E-state index in [1.165, 1.54) is 0 Å². The van der Waals surface area contributed by atoms with Gasteiger partial charge in [0.2, 0.25) is 5.91 Å². The fraction of sp³-hybridized carbons (Fsp3) is 0.167. The fourth-order valence-corrected chi connectivity index (χ4v) is 5.04. The van der Waals surface area contributed by atoms with E-state index < -0.39 is 17.9 Å². The minimum Gasteiger partial charge on any atom is -0.369 e. The molecule has 1 aliphatic heterocycles. The lowest BCUT2D eigenvalue weighted by molar-refractivity contribution is -0.121. The molecule has 0 spiro atoms. The van der Waals surface area contributed by atoms with Gasteiger partial charge in [-0.1, -0.05) is 90.6 Å². The summed E-state index contributed by atoms with van der Waals surface area (Å²) in [6, 6.07) is 20.7. The summed E-state index contributed by atoms with van der Waals surface area (Å²) in [5.41, 5.74) is 8.49. The number of nitrogens with zero attached hydrogens (tertiary/aromatic N) is 1. The number of fused-ring (bicyclic) bond motifs is 1. The van der Waals surface area contributed by atoms with E-state index in [-0.39, 0.29) is 18.5 Å². The molecule has 3 aromatic rings. The van der Waals surface area contributed by atoms with E-state index in [1.54, 1.807) is 47.4 Å². The Labute approximate surface area is 202 Å². The molecule has 0 bridgehead atoms. The van der Waals surface area contributed by atoms with Crippen LogP contribution in [0.15, 0.2) is 72.8 Å². The number of hydrogen-bond acceptors (Lipinski definition) is 4. The Morgan fingerprint density at radius 3 is 2.38 bits per heavy atom. The quantitative estimate of drug-likeness (QED) is 0.433. The molecule has 4 rings (SSSR count). The van der Waals surface area contributed by atoms with Crippen molar-refractivity contribution >= 4 is 47.8 Å². The van der Waals surface area contributed by atoms with Gasteiger partial charge in [-0.05, 0) is 34.9 Å². The standard InChI is InChI=1S/C24H21Cl2N3O2S/c25-15-10-11-18(19(26)12-15)22-21(23(27)30)16-8-4-5-9-17(16)24(31)29(22)13-20(28-32)14-6-2-1-3-7-14/h1-12,20-22,28,32H,13H2,(H2,27,30). The molecule has 3 unspecified atom stereocenters. The highest BCUT2D eigenvalue weighted by molar-refractivity contribution is 7.78. The SMILES string of the molecule is NC(=O)C1c2ccccc2C(=O)N(CC(NS)c2ccccc2)C1c1ccc(Cl)cc1Cl. The van der Waals surface area contributed by atoms with Crippen LogP contribution in [0.25, 0.3) is 0 Å². The van der Waals surface area contributed by atoms with Crippen LogP contribution in [0.1, 0.15) is 45.0 Å². The topological polar surface area (TPSA) is 75.4 Å². The number of rotatable bonds is 6. The first-order chi connectivity index (χ1) is 15.4. The number of halogens is 2. The molecule has 0 aliphatic carbocycles. The first-order valence-electron chi connectivity index (χ1n) is 10.0. The molecule has 0 radical (unpaired) electrons. The third kappa shape index (κ3) is 4.24. The summed E-state index contributed by atoms with van der Waals surface area (Å²) in [6.45, 7) is 0.244. The van der Waals surface area contributed by atoms with Crippen molar-refractivity contribution in [2.75, 3.05) is 6.54 Å². The van der Waals surface area contributed by atoms with Gasteiger partial charge in [0, 0.05) is 22.2 Å². The van der Waals surface area contributed by atoms with Gasteiger partial charge in [-0.2, -0.15) is 0 Å². The largest absolute Gasteiger partial charge is 0.369 e. The highest BCUT2D eigenvalue weighted by Gasteiger charge is 2.44. The molecule has 3 aromatic carbocycles. The van der Waals surface area contributed by atoms with E-state index >= 15 is 0 Å². The molecule has 0 saturated heterocycles. The Morgan fingerprint density at radius 1 is 1.03 bits per heavy atom. The zero-order chi connectivity index (χ0) is 22.8. The molecule has 2 amide bonds. The van der Waals surface area contributed by atoms with Gasteiger partial charge in [0.1, 0.15) is 0 Å². The number of primary amides is 1. The van der Waals surface area contributed by atoms with Crippen LogP contribution >= 0.6 is 36.0 Å². The smallest absolute Gasteiger partial charge is 0.254 e. The fourth-order valence-electron chi connectivity index (χ4n) is 4.29. The van der Waals surface area contributed by atoms with Crippen LogP contribution in [0.3, 0.4) is 0 Å². The second-order valence-electron chi connectivity index (χ2n) is 7.63. The number of amides is 2. The summed E-state index contributed by atoms with van der Waals surface area (Å²) in [4.78, 5) is 28.1. The number of thiol groups is 1. The third-order valence-corrected chi connectivity index (χ3v) is 6.64.